The van der Waals surface area contributed by atoms with Crippen LogP contribution in [0.1, 0.15) is 61.4 Å². The van der Waals surface area contributed by atoms with Gasteiger partial charge in [0.15, 0.2) is 0 Å². The fourth-order valence-corrected chi connectivity index (χ4v) is 3.75. The normalized spacial score (nSPS) is 19.0. The molecule has 0 spiro atoms. The number of hydrogen-bond donors (Lipinski definition) is 2. The lowest BCUT2D eigenvalue weighted by Gasteiger charge is -2.30. The van der Waals surface area contributed by atoms with E-state index in [-0.39, 0.29) is 11.9 Å². The van der Waals surface area contributed by atoms with Crippen LogP contribution < -0.4 is 10.6 Å². The summed E-state index contributed by atoms with van der Waals surface area (Å²) < 4.78 is 0. The van der Waals surface area contributed by atoms with Crippen molar-refractivity contribution in [3.05, 3.63) is 29.3 Å². The molecule has 2 aliphatic rings. The zero-order valence-electron chi connectivity index (χ0n) is 15.3. The zero-order chi connectivity index (χ0) is 17.8. The summed E-state index contributed by atoms with van der Waals surface area (Å²) in [5.74, 6) is 0.799. The molecule has 1 aliphatic carbocycles. The van der Waals surface area contributed by atoms with Crippen LogP contribution in [-0.2, 0) is 0 Å². The van der Waals surface area contributed by atoms with Gasteiger partial charge >= 0.3 is 6.03 Å². The third kappa shape index (κ3) is 4.53. The van der Waals surface area contributed by atoms with Gasteiger partial charge in [0.25, 0.3) is 5.91 Å². The molecule has 0 unspecified atom stereocenters. The number of urea groups is 1. The second kappa shape index (κ2) is 7.89. The van der Waals surface area contributed by atoms with E-state index in [2.05, 4.69) is 17.6 Å². The molecule has 1 aliphatic heterocycles. The Morgan fingerprint density at radius 1 is 1.08 bits per heavy atom. The Labute approximate surface area is 150 Å². The molecule has 1 saturated carbocycles. The first kappa shape index (κ1) is 17.8. The van der Waals surface area contributed by atoms with Crippen molar-refractivity contribution in [3.63, 3.8) is 0 Å². The molecule has 2 fully saturated rings. The molecule has 0 bridgehead atoms. The Hall–Kier alpha value is -2.04. The van der Waals surface area contributed by atoms with E-state index in [9.17, 15) is 9.59 Å². The Bertz CT molecular complexity index is 630. The molecule has 0 radical (unpaired) electrons. The molecular weight excluding hydrogens is 314 g/mol. The van der Waals surface area contributed by atoms with Crippen molar-refractivity contribution in [1.82, 2.24) is 10.2 Å². The summed E-state index contributed by atoms with van der Waals surface area (Å²) in [6, 6.07) is 5.68. The van der Waals surface area contributed by atoms with Crippen molar-refractivity contribution in [2.24, 2.45) is 5.92 Å². The molecule has 1 saturated heterocycles. The number of benzene rings is 1. The van der Waals surface area contributed by atoms with E-state index in [4.69, 9.17) is 0 Å². The smallest absolute Gasteiger partial charge is 0.319 e. The third-order valence-electron chi connectivity index (χ3n) is 5.48. The number of aryl methyl sites for hydroxylation is 1. The standard InChI is InChI=1S/C20H29N3O2/c1-14-9-11-23(12-10-14)19(24)16-7-8-18(15(2)13-16)22-20(25)21-17-5-3-4-6-17/h7-8,13-14,17H,3-6,9-12H2,1-2H3,(H2,21,22,25). The van der Waals surface area contributed by atoms with Gasteiger partial charge in [-0.05, 0) is 62.3 Å². The first-order valence-corrected chi connectivity index (χ1v) is 9.50. The van der Waals surface area contributed by atoms with Crippen LogP contribution >= 0.6 is 0 Å². The minimum atomic E-state index is -0.154. The Morgan fingerprint density at radius 3 is 2.40 bits per heavy atom. The maximum Gasteiger partial charge on any atom is 0.319 e. The highest BCUT2D eigenvalue weighted by Crippen LogP contribution is 2.22. The van der Waals surface area contributed by atoms with Crippen molar-refractivity contribution in [3.8, 4) is 0 Å². The minimum Gasteiger partial charge on any atom is -0.339 e. The van der Waals surface area contributed by atoms with E-state index < -0.39 is 0 Å². The van der Waals surface area contributed by atoms with Crippen molar-refractivity contribution in [2.75, 3.05) is 18.4 Å². The molecule has 1 aromatic carbocycles. The molecular formula is C20H29N3O2. The van der Waals surface area contributed by atoms with Gasteiger partial charge in [0, 0.05) is 30.4 Å². The molecule has 0 aromatic heterocycles. The SMILES string of the molecule is Cc1cc(C(=O)N2CCC(C)CC2)ccc1NC(=O)NC1CCCC1. The van der Waals surface area contributed by atoms with Gasteiger partial charge in [0.05, 0.1) is 0 Å². The first-order chi connectivity index (χ1) is 12.0. The summed E-state index contributed by atoms with van der Waals surface area (Å²) in [6.45, 7) is 5.84. The highest BCUT2D eigenvalue weighted by atomic mass is 16.2. The molecule has 5 nitrogen and oxygen atoms in total. The summed E-state index contributed by atoms with van der Waals surface area (Å²) in [6.07, 6.45) is 6.66. The summed E-state index contributed by atoms with van der Waals surface area (Å²) in [4.78, 5) is 26.7. The maximum absolute atomic E-state index is 12.6. The number of nitrogens with zero attached hydrogens (tertiary/aromatic N) is 1. The average Bonchev–Trinajstić information content (AvgIpc) is 3.09. The number of amides is 3. The van der Waals surface area contributed by atoms with Crippen molar-refractivity contribution in [2.45, 2.75) is 58.4 Å². The molecule has 5 heteroatoms. The molecule has 3 rings (SSSR count). The van der Waals surface area contributed by atoms with Crippen LogP contribution in [-0.4, -0.2) is 36.0 Å². The lowest BCUT2D eigenvalue weighted by atomic mass is 9.98. The quantitative estimate of drug-likeness (QED) is 0.873. The number of carbonyl (C=O) groups excluding carboxylic acids is 2. The molecule has 1 heterocycles. The number of nitrogens with one attached hydrogen (secondary N) is 2. The number of rotatable bonds is 3. The van der Waals surface area contributed by atoms with Crippen LogP contribution in [0.2, 0.25) is 0 Å². The fourth-order valence-electron chi connectivity index (χ4n) is 3.75. The van der Waals surface area contributed by atoms with E-state index in [0.717, 1.165) is 50.0 Å². The van der Waals surface area contributed by atoms with Gasteiger partial charge in [-0.3, -0.25) is 4.79 Å². The Morgan fingerprint density at radius 2 is 1.76 bits per heavy atom. The van der Waals surface area contributed by atoms with E-state index in [1.54, 1.807) is 0 Å². The van der Waals surface area contributed by atoms with Crippen LogP contribution in [0, 0.1) is 12.8 Å². The lowest BCUT2D eigenvalue weighted by molar-refractivity contribution is 0.0697. The number of carbonyl (C=O) groups is 2. The fraction of sp³-hybridized carbons (Fsp3) is 0.600. The third-order valence-corrected chi connectivity index (χ3v) is 5.48. The number of likely N-dealkylation sites (tertiary alicyclic amines) is 1. The number of piperidine rings is 1. The monoisotopic (exact) mass is 343 g/mol. The van der Waals surface area contributed by atoms with Crippen molar-refractivity contribution < 1.29 is 9.59 Å². The second-order valence-corrected chi connectivity index (χ2v) is 7.58. The highest BCUT2D eigenvalue weighted by molar-refractivity contribution is 5.96. The van der Waals surface area contributed by atoms with Crippen LogP contribution in [0.15, 0.2) is 18.2 Å². The Balaban J connectivity index is 1.60. The number of hydrogen-bond acceptors (Lipinski definition) is 2. The molecule has 1 aromatic rings. The zero-order valence-corrected chi connectivity index (χ0v) is 15.3. The van der Waals surface area contributed by atoms with Crippen molar-refractivity contribution >= 4 is 17.6 Å². The van der Waals surface area contributed by atoms with Crippen molar-refractivity contribution in [1.29, 1.82) is 0 Å². The highest BCUT2D eigenvalue weighted by Gasteiger charge is 2.22. The summed E-state index contributed by atoms with van der Waals surface area (Å²) in [7, 11) is 0. The second-order valence-electron chi connectivity index (χ2n) is 7.58. The van der Waals surface area contributed by atoms with Gasteiger partial charge in [-0.1, -0.05) is 19.8 Å². The van der Waals surface area contributed by atoms with Crippen LogP contribution in [0.5, 0.6) is 0 Å². The molecule has 25 heavy (non-hydrogen) atoms. The van der Waals surface area contributed by atoms with Gasteiger partial charge in [-0.25, -0.2) is 4.79 Å². The Kier molecular flexibility index (Phi) is 5.61. The largest absolute Gasteiger partial charge is 0.339 e. The van der Waals surface area contributed by atoms with Crippen LogP contribution in [0.3, 0.4) is 0 Å². The van der Waals surface area contributed by atoms with Gasteiger partial charge in [0.2, 0.25) is 0 Å². The van der Waals surface area contributed by atoms with E-state index in [0.29, 0.717) is 17.5 Å². The summed E-state index contributed by atoms with van der Waals surface area (Å²) in [5.41, 5.74) is 2.38. The molecule has 0 atom stereocenters. The van der Waals surface area contributed by atoms with Gasteiger partial charge in [-0.15, -0.1) is 0 Å². The predicted octanol–water partition coefficient (Wildman–Crippen LogP) is 3.93. The van der Waals surface area contributed by atoms with Gasteiger partial charge in [0.1, 0.15) is 0 Å². The van der Waals surface area contributed by atoms with E-state index in [1.165, 1.54) is 12.8 Å². The predicted molar refractivity (Wildman–Crippen MR) is 99.9 cm³/mol. The topological polar surface area (TPSA) is 61.4 Å². The maximum atomic E-state index is 12.6. The average molecular weight is 343 g/mol. The number of anilines is 1. The van der Waals surface area contributed by atoms with Gasteiger partial charge < -0.3 is 15.5 Å². The summed E-state index contributed by atoms with van der Waals surface area (Å²) in [5, 5.41) is 5.94. The first-order valence-electron chi connectivity index (χ1n) is 9.50. The molecule has 136 valence electrons. The molecule has 2 N–H and O–H groups in total. The molecule has 3 amide bonds. The van der Waals surface area contributed by atoms with Gasteiger partial charge in [-0.2, -0.15) is 0 Å². The van der Waals surface area contributed by atoms with Crippen LogP contribution in [0.25, 0.3) is 0 Å². The minimum absolute atomic E-state index is 0.0944. The summed E-state index contributed by atoms with van der Waals surface area (Å²) >= 11 is 0. The van der Waals surface area contributed by atoms with E-state index >= 15 is 0 Å². The lowest BCUT2D eigenvalue weighted by Crippen LogP contribution is -2.38. The van der Waals surface area contributed by atoms with Crippen LogP contribution in [0.4, 0.5) is 10.5 Å². The van der Waals surface area contributed by atoms with E-state index in [1.807, 2.05) is 30.0 Å².